The first kappa shape index (κ1) is 22.9. The van der Waals surface area contributed by atoms with Gasteiger partial charge in [-0.3, -0.25) is 19.7 Å². The highest BCUT2D eigenvalue weighted by Gasteiger charge is 2.33. The van der Waals surface area contributed by atoms with Crippen LogP contribution < -0.4 is 15.5 Å². The number of aliphatic carboxylic acids is 1. The number of nitrogens with one attached hydrogen (secondary N) is 2. The molecule has 3 rings (SSSR count). The summed E-state index contributed by atoms with van der Waals surface area (Å²) in [6.07, 6.45) is 1.42. The van der Waals surface area contributed by atoms with Crippen LogP contribution in [-0.2, 0) is 14.4 Å². The first-order valence-electron chi connectivity index (χ1n) is 9.35. The van der Waals surface area contributed by atoms with Gasteiger partial charge in [0.15, 0.2) is 0 Å². The smallest absolute Gasteiger partial charge is 0.306 e. The lowest BCUT2D eigenvalue weighted by Gasteiger charge is -2.27. The van der Waals surface area contributed by atoms with E-state index in [1.165, 1.54) is 6.07 Å². The number of carboxylic acids is 1. The first-order valence-corrected chi connectivity index (χ1v) is 9.35. The second kappa shape index (κ2) is 9.41. The predicted octanol–water partition coefficient (Wildman–Crippen LogP) is 1.66. The fraction of sp³-hybridized carbons (Fsp3) is 0.526. The quantitative estimate of drug-likeness (QED) is 0.525. The van der Waals surface area contributed by atoms with E-state index in [0.29, 0.717) is 43.7 Å². The van der Waals surface area contributed by atoms with Crippen molar-refractivity contribution >= 4 is 41.6 Å². The number of halogens is 2. The lowest BCUT2D eigenvalue weighted by Crippen LogP contribution is -2.47. The number of carbonyl (C=O) groups is 3. The summed E-state index contributed by atoms with van der Waals surface area (Å²) in [6, 6.07) is 3.97. The number of imide groups is 1. The monoisotopic (exact) mass is 429 g/mol. The van der Waals surface area contributed by atoms with Gasteiger partial charge in [0.2, 0.25) is 11.8 Å². The molecule has 0 bridgehead atoms. The molecule has 2 amide bonds. The van der Waals surface area contributed by atoms with Crippen molar-refractivity contribution in [2.75, 3.05) is 23.3 Å². The van der Waals surface area contributed by atoms with Crippen molar-refractivity contribution in [3.8, 4) is 0 Å². The van der Waals surface area contributed by atoms with Crippen molar-refractivity contribution in [2.45, 2.75) is 50.2 Å². The van der Waals surface area contributed by atoms with Crippen LogP contribution in [-0.4, -0.2) is 52.7 Å². The predicted molar refractivity (Wildman–Crippen MR) is 107 cm³/mol. The van der Waals surface area contributed by atoms with E-state index in [0.717, 1.165) is 0 Å². The third kappa shape index (κ3) is 5.80. The summed E-state index contributed by atoms with van der Waals surface area (Å²) < 4.78 is 14.7. The number of hydrogen-bond acceptors (Lipinski definition) is 6. The Labute approximate surface area is 173 Å². The van der Waals surface area contributed by atoms with Crippen LogP contribution in [0.5, 0.6) is 0 Å². The number of carbonyl (C=O) groups excluding carboxylic acids is 2. The van der Waals surface area contributed by atoms with Crippen LogP contribution in [0.2, 0.25) is 0 Å². The zero-order valence-electron chi connectivity index (χ0n) is 15.8. The second-order valence-corrected chi connectivity index (χ2v) is 7.45. The van der Waals surface area contributed by atoms with Gasteiger partial charge in [-0.15, -0.1) is 12.4 Å². The lowest BCUT2D eigenvalue weighted by atomic mass is 9.91. The molecule has 2 fully saturated rings. The molecule has 2 atom stereocenters. The number of rotatable bonds is 5. The number of hydrogen-bond donors (Lipinski definition) is 4. The largest absolute Gasteiger partial charge is 0.481 e. The second-order valence-electron chi connectivity index (χ2n) is 7.45. The highest BCUT2D eigenvalue weighted by atomic mass is 35.5. The number of aliphatic hydroxyl groups is 1. The van der Waals surface area contributed by atoms with Gasteiger partial charge in [-0.2, -0.15) is 0 Å². The number of carboxylic acid groups (broad SMARTS) is 1. The minimum atomic E-state index is -1.27. The standard InChI is InChI=1S/C19H24FN3O5.ClH/c20-13-10-12(21-14-3-5-16(24)22-18(14)27)2-4-15(13)23-8-1-6-19(28,7-9-23)11-17(25)26;/h2,4,10,14,21,28H,1,3,5-9,11H2,(H,25,26)(H,22,24,27);1H. The van der Waals surface area contributed by atoms with Gasteiger partial charge in [0.25, 0.3) is 0 Å². The van der Waals surface area contributed by atoms with Crippen LogP contribution in [0, 0.1) is 5.82 Å². The molecule has 2 heterocycles. The van der Waals surface area contributed by atoms with Gasteiger partial charge in [0, 0.05) is 25.2 Å². The maximum Gasteiger partial charge on any atom is 0.306 e. The Morgan fingerprint density at radius 1 is 1.31 bits per heavy atom. The highest BCUT2D eigenvalue weighted by molar-refractivity contribution is 6.01. The fourth-order valence-corrected chi connectivity index (χ4v) is 3.76. The number of nitrogens with zero attached hydrogens (tertiary/aromatic N) is 1. The summed E-state index contributed by atoms with van der Waals surface area (Å²) in [5, 5.41) is 24.6. The Kier molecular flexibility index (Phi) is 7.43. The molecule has 8 nitrogen and oxygen atoms in total. The van der Waals surface area contributed by atoms with Crippen molar-refractivity contribution in [2.24, 2.45) is 0 Å². The molecule has 0 spiro atoms. The van der Waals surface area contributed by atoms with E-state index in [-0.39, 0.29) is 37.6 Å². The molecule has 10 heteroatoms. The first-order chi connectivity index (χ1) is 13.3. The van der Waals surface area contributed by atoms with Crippen LogP contribution in [0.4, 0.5) is 15.8 Å². The van der Waals surface area contributed by atoms with E-state index < -0.39 is 29.3 Å². The summed E-state index contributed by atoms with van der Waals surface area (Å²) in [5.41, 5.74) is -0.467. The molecule has 2 unspecified atom stereocenters. The number of benzene rings is 1. The summed E-state index contributed by atoms with van der Waals surface area (Å²) in [6.45, 7) is 0.861. The van der Waals surface area contributed by atoms with Crippen molar-refractivity contribution in [1.29, 1.82) is 0 Å². The minimum absolute atomic E-state index is 0. The number of anilines is 2. The third-order valence-electron chi connectivity index (χ3n) is 5.27. The Morgan fingerprint density at radius 2 is 2.07 bits per heavy atom. The molecule has 0 radical (unpaired) electrons. The molecular weight excluding hydrogens is 405 g/mol. The highest BCUT2D eigenvalue weighted by Crippen LogP contribution is 2.30. The van der Waals surface area contributed by atoms with Crippen LogP contribution in [0.25, 0.3) is 0 Å². The molecule has 1 aromatic rings. The van der Waals surface area contributed by atoms with E-state index >= 15 is 0 Å². The zero-order valence-corrected chi connectivity index (χ0v) is 16.6. The number of amides is 2. The van der Waals surface area contributed by atoms with Gasteiger partial charge in [0.05, 0.1) is 17.7 Å². The Hall–Kier alpha value is -2.39. The average Bonchev–Trinajstić information content (AvgIpc) is 2.79. The van der Waals surface area contributed by atoms with Crippen LogP contribution in [0.1, 0.15) is 38.5 Å². The van der Waals surface area contributed by atoms with Crippen molar-refractivity contribution in [3.63, 3.8) is 0 Å². The van der Waals surface area contributed by atoms with Gasteiger partial charge >= 0.3 is 5.97 Å². The molecule has 1 aromatic carbocycles. The average molecular weight is 430 g/mol. The molecular formula is C19H25ClFN3O5. The lowest BCUT2D eigenvalue weighted by molar-refractivity contribution is -0.143. The maximum absolute atomic E-state index is 14.7. The summed E-state index contributed by atoms with van der Waals surface area (Å²) in [7, 11) is 0. The van der Waals surface area contributed by atoms with Crippen molar-refractivity contribution < 1.29 is 29.0 Å². The molecule has 2 saturated heterocycles. The van der Waals surface area contributed by atoms with E-state index in [9.17, 15) is 23.9 Å². The van der Waals surface area contributed by atoms with Gasteiger partial charge in [-0.1, -0.05) is 0 Å². The molecule has 0 saturated carbocycles. The molecule has 29 heavy (non-hydrogen) atoms. The van der Waals surface area contributed by atoms with E-state index in [1.807, 2.05) is 0 Å². The normalized spacial score (nSPS) is 24.9. The summed E-state index contributed by atoms with van der Waals surface area (Å²) in [4.78, 5) is 35.8. The molecule has 2 aliphatic heterocycles. The Bertz CT molecular complexity index is 793. The Balaban J connectivity index is 0.00000300. The van der Waals surface area contributed by atoms with E-state index in [4.69, 9.17) is 5.11 Å². The van der Waals surface area contributed by atoms with Crippen LogP contribution in [0.15, 0.2) is 18.2 Å². The minimum Gasteiger partial charge on any atom is -0.481 e. The molecule has 160 valence electrons. The number of piperidine rings is 1. The van der Waals surface area contributed by atoms with Crippen LogP contribution >= 0.6 is 12.4 Å². The molecule has 0 aromatic heterocycles. The molecule has 2 aliphatic rings. The van der Waals surface area contributed by atoms with Crippen LogP contribution in [0.3, 0.4) is 0 Å². The maximum atomic E-state index is 14.7. The van der Waals surface area contributed by atoms with Crippen molar-refractivity contribution in [1.82, 2.24) is 5.32 Å². The zero-order chi connectivity index (χ0) is 20.3. The topological polar surface area (TPSA) is 119 Å². The Morgan fingerprint density at radius 3 is 2.72 bits per heavy atom. The summed E-state index contributed by atoms with van der Waals surface area (Å²) >= 11 is 0. The molecule has 0 aliphatic carbocycles. The van der Waals surface area contributed by atoms with Crippen molar-refractivity contribution in [3.05, 3.63) is 24.0 Å². The van der Waals surface area contributed by atoms with E-state index in [1.54, 1.807) is 17.0 Å². The van der Waals surface area contributed by atoms with Gasteiger partial charge in [0.1, 0.15) is 11.9 Å². The third-order valence-corrected chi connectivity index (χ3v) is 5.27. The fourth-order valence-electron chi connectivity index (χ4n) is 3.76. The van der Waals surface area contributed by atoms with Gasteiger partial charge in [-0.05, 0) is 43.9 Å². The molecule has 4 N–H and O–H groups in total. The SMILES string of the molecule is Cl.O=C(O)CC1(O)CCCN(c2ccc(NC3CCC(=O)NC3=O)cc2F)CC1. The van der Waals surface area contributed by atoms with E-state index in [2.05, 4.69) is 10.6 Å². The van der Waals surface area contributed by atoms with Gasteiger partial charge < -0.3 is 20.4 Å². The van der Waals surface area contributed by atoms with Gasteiger partial charge in [-0.25, -0.2) is 4.39 Å². The summed E-state index contributed by atoms with van der Waals surface area (Å²) in [5.74, 6) is -2.26.